The Balaban J connectivity index is 1.20. The van der Waals surface area contributed by atoms with Crippen molar-refractivity contribution in [2.24, 2.45) is 0 Å². The lowest BCUT2D eigenvalue weighted by Gasteiger charge is -2.38. The second-order valence-corrected chi connectivity index (χ2v) is 10.3. The third-order valence-electron chi connectivity index (χ3n) is 7.18. The van der Waals surface area contributed by atoms with Crippen molar-refractivity contribution in [1.29, 1.82) is 0 Å². The van der Waals surface area contributed by atoms with Crippen molar-refractivity contribution in [3.05, 3.63) is 53.6 Å². The van der Waals surface area contributed by atoms with Crippen LogP contribution < -0.4 is 15.4 Å². The average Bonchev–Trinajstić information content (AvgIpc) is 2.91. The van der Waals surface area contributed by atoms with Gasteiger partial charge in [-0.2, -0.15) is 26.3 Å². The molecule has 220 valence electrons. The largest absolute Gasteiger partial charge is 0.418 e. The van der Waals surface area contributed by atoms with Crippen LogP contribution in [-0.2, 0) is 17.1 Å². The normalized spacial score (nSPS) is 20.4. The first-order valence-electron chi connectivity index (χ1n) is 12.8. The monoisotopic (exact) mass is 592 g/mol. The molecule has 14 heteroatoms. The van der Waals surface area contributed by atoms with E-state index < -0.39 is 34.4 Å². The molecule has 1 saturated heterocycles. The summed E-state index contributed by atoms with van der Waals surface area (Å²) in [5.41, 5.74) is -1.85. The summed E-state index contributed by atoms with van der Waals surface area (Å²) in [6, 6.07) is 8.41. The maximum Gasteiger partial charge on any atom is 0.418 e. The zero-order chi connectivity index (χ0) is 29.1. The molecule has 2 aliphatic rings. The van der Waals surface area contributed by atoms with E-state index in [0.29, 0.717) is 62.5 Å². The minimum atomic E-state index is -4.76. The molecule has 1 aliphatic heterocycles. The fraction of sp³-hybridized carbons (Fsp3) is 0.500. The summed E-state index contributed by atoms with van der Waals surface area (Å²) >= 11 is 5.54. The number of piperazine rings is 1. The zero-order valence-corrected chi connectivity index (χ0v) is 22.2. The zero-order valence-electron chi connectivity index (χ0n) is 21.4. The number of rotatable bonds is 7. The third kappa shape index (κ3) is 7.68. The number of anilines is 3. The number of hydrogen-bond acceptors (Lipinski definition) is 7. The van der Waals surface area contributed by atoms with Gasteiger partial charge in [-0.15, -0.1) is 5.23 Å². The van der Waals surface area contributed by atoms with Gasteiger partial charge in [0.2, 0.25) is 0 Å². The molecule has 0 atom stereocenters. The van der Waals surface area contributed by atoms with Crippen LogP contribution in [0.15, 0.2) is 42.5 Å². The Hall–Kier alpha value is -2.81. The van der Waals surface area contributed by atoms with Crippen LogP contribution in [0.3, 0.4) is 0 Å². The van der Waals surface area contributed by atoms with Gasteiger partial charge in [-0.1, -0.05) is 18.3 Å². The fourth-order valence-corrected chi connectivity index (χ4v) is 5.26. The van der Waals surface area contributed by atoms with Crippen molar-refractivity contribution in [2.45, 2.75) is 50.2 Å². The highest BCUT2D eigenvalue weighted by atomic mass is 32.1. The lowest BCUT2D eigenvalue weighted by molar-refractivity contribution is -0.139. The molecular formula is C26H30F6N4O3S. The standard InChI is InChI=1S/C26H30F6N4O3S/c27-25(28,29)17-2-1-3-20(14-17)34-10-12-35(13-11-34)24(40)16-39-21-7-4-18(5-8-21)33-19-6-9-23(36(37)38)22(15-19)26(30,31)32/h1-3,6,9,14-15,18,21,33,37-38H,4-5,7-8,10-13,16H2. The van der Waals surface area contributed by atoms with Crippen LogP contribution in [0.2, 0.25) is 0 Å². The first kappa shape index (κ1) is 30.2. The molecule has 40 heavy (non-hydrogen) atoms. The van der Waals surface area contributed by atoms with Crippen molar-refractivity contribution in [3.63, 3.8) is 0 Å². The first-order chi connectivity index (χ1) is 18.8. The quantitative estimate of drug-likeness (QED) is 0.200. The predicted molar refractivity (Wildman–Crippen MR) is 141 cm³/mol. The van der Waals surface area contributed by atoms with E-state index >= 15 is 0 Å². The number of hydrogen-bond donors (Lipinski definition) is 3. The minimum Gasteiger partial charge on any atom is -0.382 e. The molecule has 0 radical (unpaired) electrons. The molecule has 0 unspecified atom stereocenters. The van der Waals surface area contributed by atoms with Gasteiger partial charge in [0.25, 0.3) is 0 Å². The van der Waals surface area contributed by atoms with Crippen molar-refractivity contribution >= 4 is 34.3 Å². The lowest BCUT2D eigenvalue weighted by Crippen LogP contribution is -2.49. The molecule has 0 bridgehead atoms. The summed E-state index contributed by atoms with van der Waals surface area (Å²) in [5.74, 6) is 0. The Morgan fingerprint density at radius 3 is 2.20 bits per heavy atom. The number of nitrogens with one attached hydrogen (secondary N) is 1. The Bertz CT molecular complexity index is 1160. The molecule has 0 amide bonds. The molecular weight excluding hydrogens is 562 g/mol. The maximum atomic E-state index is 13.3. The van der Waals surface area contributed by atoms with Crippen LogP contribution in [0.25, 0.3) is 0 Å². The topological polar surface area (TPSA) is 71.4 Å². The van der Waals surface area contributed by atoms with E-state index in [1.54, 1.807) is 6.07 Å². The van der Waals surface area contributed by atoms with E-state index in [9.17, 15) is 26.3 Å². The second kappa shape index (κ2) is 12.4. The first-order valence-corrected chi connectivity index (χ1v) is 13.2. The van der Waals surface area contributed by atoms with Crippen molar-refractivity contribution < 1.29 is 41.5 Å². The lowest BCUT2D eigenvalue weighted by atomic mass is 9.92. The van der Waals surface area contributed by atoms with Gasteiger partial charge >= 0.3 is 12.4 Å². The van der Waals surface area contributed by atoms with Gasteiger partial charge in [0, 0.05) is 43.6 Å². The summed E-state index contributed by atoms with van der Waals surface area (Å²) in [4.78, 5) is 4.53. The molecule has 7 nitrogen and oxygen atoms in total. The molecule has 1 saturated carbocycles. The highest BCUT2D eigenvalue weighted by Gasteiger charge is 2.36. The smallest absolute Gasteiger partial charge is 0.382 e. The summed E-state index contributed by atoms with van der Waals surface area (Å²) in [6.07, 6.45) is -6.48. The highest BCUT2D eigenvalue weighted by molar-refractivity contribution is 7.80. The van der Waals surface area contributed by atoms with Crippen LogP contribution in [0.5, 0.6) is 0 Å². The van der Waals surface area contributed by atoms with Gasteiger partial charge in [-0.05, 0) is 62.1 Å². The van der Waals surface area contributed by atoms with E-state index in [2.05, 4.69) is 5.32 Å². The highest BCUT2D eigenvalue weighted by Crippen LogP contribution is 2.38. The van der Waals surface area contributed by atoms with Gasteiger partial charge in [0.15, 0.2) is 0 Å². The number of alkyl halides is 6. The Labute approximate surface area is 232 Å². The van der Waals surface area contributed by atoms with Gasteiger partial charge in [0.1, 0.15) is 10.7 Å². The Morgan fingerprint density at radius 1 is 0.925 bits per heavy atom. The van der Waals surface area contributed by atoms with Crippen molar-refractivity contribution in [1.82, 2.24) is 4.90 Å². The molecule has 0 spiro atoms. The Kier molecular flexibility index (Phi) is 9.33. The number of halogens is 6. The molecule has 3 N–H and O–H groups in total. The summed E-state index contributed by atoms with van der Waals surface area (Å²) in [5, 5.41) is 20.7. The third-order valence-corrected chi connectivity index (χ3v) is 7.55. The summed E-state index contributed by atoms with van der Waals surface area (Å²) < 4.78 is 85.0. The number of ether oxygens (including phenoxy) is 1. The predicted octanol–water partition coefficient (Wildman–Crippen LogP) is 6.20. The molecule has 1 aliphatic carbocycles. The number of thiocarbonyl (C=S) groups is 1. The van der Waals surface area contributed by atoms with Crippen LogP contribution in [0, 0.1) is 0 Å². The van der Waals surface area contributed by atoms with Crippen molar-refractivity contribution in [3.8, 4) is 0 Å². The van der Waals surface area contributed by atoms with E-state index in [0.717, 1.165) is 24.3 Å². The van der Waals surface area contributed by atoms with E-state index in [1.807, 2.05) is 9.80 Å². The molecule has 2 aromatic rings. The fourth-order valence-electron chi connectivity index (χ4n) is 5.01. The van der Waals surface area contributed by atoms with Gasteiger partial charge < -0.3 is 19.9 Å². The van der Waals surface area contributed by atoms with Crippen LogP contribution >= 0.6 is 12.2 Å². The van der Waals surface area contributed by atoms with Crippen molar-refractivity contribution in [2.75, 3.05) is 48.2 Å². The molecule has 4 rings (SSSR count). The molecule has 1 heterocycles. The van der Waals surface area contributed by atoms with Gasteiger partial charge in [0.05, 0.1) is 23.8 Å². The van der Waals surface area contributed by atoms with Crippen LogP contribution in [0.1, 0.15) is 36.8 Å². The summed E-state index contributed by atoms with van der Waals surface area (Å²) in [6.45, 7) is 2.45. The average molecular weight is 593 g/mol. The van der Waals surface area contributed by atoms with E-state index in [4.69, 9.17) is 27.4 Å². The van der Waals surface area contributed by atoms with E-state index in [1.165, 1.54) is 12.1 Å². The maximum absolute atomic E-state index is 13.3. The van der Waals surface area contributed by atoms with Gasteiger partial charge in [-0.3, -0.25) is 10.4 Å². The minimum absolute atomic E-state index is 0.0483. The number of benzene rings is 2. The molecule has 0 aromatic heterocycles. The SMILES string of the molecule is ON(O)c1ccc(NC2CCC(OCC(=S)N3CCN(c4cccc(C(F)(F)F)c4)CC3)CC2)cc1C(F)(F)F. The summed E-state index contributed by atoms with van der Waals surface area (Å²) in [7, 11) is 0. The van der Waals surface area contributed by atoms with E-state index in [-0.39, 0.29) is 24.4 Å². The van der Waals surface area contributed by atoms with Crippen LogP contribution in [0.4, 0.5) is 43.4 Å². The second-order valence-electron chi connectivity index (χ2n) is 9.86. The Morgan fingerprint density at radius 2 is 1.60 bits per heavy atom. The number of nitrogens with zero attached hydrogens (tertiary/aromatic N) is 3. The van der Waals surface area contributed by atoms with Gasteiger partial charge in [-0.25, -0.2) is 0 Å². The van der Waals surface area contributed by atoms with Crippen LogP contribution in [-0.4, -0.2) is 65.2 Å². The molecule has 2 fully saturated rings. The molecule has 2 aromatic carbocycles.